The third-order valence-electron chi connectivity index (χ3n) is 1.26. The summed E-state index contributed by atoms with van der Waals surface area (Å²) >= 11 is 0. The zero-order valence-electron chi connectivity index (χ0n) is 6.42. The van der Waals surface area contributed by atoms with Crippen LogP contribution in [0.5, 0.6) is 0 Å². The quantitative estimate of drug-likeness (QED) is 0.646. The lowest BCUT2D eigenvalue weighted by Crippen LogP contribution is -2.24. The number of likely N-dealkylation sites (N-methyl/N-ethyl adjacent to an activating group) is 1. The summed E-state index contributed by atoms with van der Waals surface area (Å²) < 4.78 is 0. The predicted octanol–water partition coefficient (Wildman–Crippen LogP) is 0.0883. The number of amides is 1. The molecule has 1 rings (SSSR count). The molecule has 0 saturated carbocycles. The van der Waals surface area contributed by atoms with Crippen LogP contribution in [0.25, 0.3) is 0 Å². The van der Waals surface area contributed by atoms with Gasteiger partial charge in [0.2, 0.25) is 5.91 Å². The van der Waals surface area contributed by atoms with Gasteiger partial charge in [0.25, 0.3) is 0 Å². The second-order valence-electron chi connectivity index (χ2n) is 2.17. The van der Waals surface area contributed by atoms with E-state index in [1.165, 1.54) is 0 Å². The molecular formula is C7H11N3O. The highest BCUT2D eigenvalue weighted by Gasteiger charge is 2.01. The highest BCUT2D eigenvalue weighted by Crippen LogP contribution is 1.88. The Balaban J connectivity index is 2.37. The minimum atomic E-state index is 0.00227. The lowest BCUT2D eigenvalue weighted by Gasteiger charge is -1.97. The van der Waals surface area contributed by atoms with Crippen molar-refractivity contribution in [2.45, 2.75) is 13.3 Å². The van der Waals surface area contributed by atoms with Crippen molar-refractivity contribution in [2.75, 3.05) is 6.54 Å². The molecule has 60 valence electrons. The topological polar surface area (TPSA) is 57.8 Å². The Morgan fingerprint density at radius 2 is 2.64 bits per heavy atom. The molecule has 1 aromatic rings. The van der Waals surface area contributed by atoms with E-state index in [0.29, 0.717) is 18.8 Å². The van der Waals surface area contributed by atoms with Gasteiger partial charge in [0.1, 0.15) is 5.82 Å². The van der Waals surface area contributed by atoms with E-state index in [1.54, 1.807) is 12.4 Å². The molecule has 1 aromatic heterocycles. The number of aromatic amines is 1. The van der Waals surface area contributed by atoms with Gasteiger partial charge in [-0.2, -0.15) is 0 Å². The molecule has 0 atom stereocenters. The summed E-state index contributed by atoms with van der Waals surface area (Å²) in [6.07, 6.45) is 3.67. The second-order valence-corrected chi connectivity index (χ2v) is 2.17. The van der Waals surface area contributed by atoms with E-state index in [-0.39, 0.29) is 5.91 Å². The normalized spacial score (nSPS) is 9.55. The summed E-state index contributed by atoms with van der Waals surface area (Å²) in [6.45, 7) is 2.56. The van der Waals surface area contributed by atoms with Gasteiger partial charge in [-0.15, -0.1) is 0 Å². The van der Waals surface area contributed by atoms with Gasteiger partial charge in [0.05, 0.1) is 6.42 Å². The van der Waals surface area contributed by atoms with Crippen LogP contribution in [-0.2, 0) is 11.2 Å². The summed E-state index contributed by atoms with van der Waals surface area (Å²) in [5.41, 5.74) is 0. The van der Waals surface area contributed by atoms with Gasteiger partial charge in [-0.25, -0.2) is 4.98 Å². The highest BCUT2D eigenvalue weighted by molar-refractivity contribution is 5.77. The van der Waals surface area contributed by atoms with Crippen LogP contribution < -0.4 is 5.32 Å². The number of H-pyrrole nitrogens is 1. The number of carbonyl (C=O) groups excluding carboxylic acids is 1. The molecule has 0 aromatic carbocycles. The lowest BCUT2D eigenvalue weighted by atomic mass is 10.4. The Morgan fingerprint density at radius 3 is 3.18 bits per heavy atom. The monoisotopic (exact) mass is 153 g/mol. The third kappa shape index (κ3) is 2.41. The SMILES string of the molecule is CCNC(=O)Cc1ncc[nH]1. The van der Waals surface area contributed by atoms with Gasteiger partial charge in [-0.1, -0.05) is 0 Å². The number of rotatable bonds is 3. The van der Waals surface area contributed by atoms with Gasteiger partial charge < -0.3 is 10.3 Å². The Labute approximate surface area is 65.0 Å². The second kappa shape index (κ2) is 3.75. The molecule has 1 amide bonds. The molecule has 0 saturated heterocycles. The fraction of sp³-hybridized carbons (Fsp3) is 0.429. The largest absolute Gasteiger partial charge is 0.356 e. The van der Waals surface area contributed by atoms with Crippen molar-refractivity contribution in [3.8, 4) is 0 Å². The number of nitrogens with one attached hydrogen (secondary N) is 2. The lowest BCUT2D eigenvalue weighted by molar-refractivity contribution is -0.120. The molecule has 0 aliphatic heterocycles. The van der Waals surface area contributed by atoms with Crippen LogP contribution in [-0.4, -0.2) is 22.4 Å². The third-order valence-corrected chi connectivity index (χ3v) is 1.26. The van der Waals surface area contributed by atoms with Crippen molar-refractivity contribution in [1.29, 1.82) is 0 Å². The van der Waals surface area contributed by atoms with Crippen LogP contribution in [0.3, 0.4) is 0 Å². The Morgan fingerprint density at radius 1 is 1.82 bits per heavy atom. The van der Waals surface area contributed by atoms with Gasteiger partial charge >= 0.3 is 0 Å². The standard InChI is InChI=1S/C7H11N3O/c1-2-8-7(11)5-6-9-3-4-10-6/h3-4H,2,5H2,1H3,(H,8,11)(H,9,10). The summed E-state index contributed by atoms with van der Waals surface area (Å²) in [5.74, 6) is 0.707. The van der Waals surface area contributed by atoms with Crippen LogP contribution in [0.1, 0.15) is 12.7 Å². The van der Waals surface area contributed by atoms with E-state index in [2.05, 4.69) is 15.3 Å². The molecule has 1 heterocycles. The number of carbonyl (C=O) groups is 1. The van der Waals surface area contributed by atoms with Gasteiger partial charge in [-0.3, -0.25) is 4.79 Å². The van der Waals surface area contributed by atoms with Crippen molar-refractivity contribution < 1.29 is 4.79 Å². The number of hydrogen-bond acceptors (Lipinski definition) is 2. The van der Waals surface area contributed by atoms with Crippen LogP contribution >= 0.6 is 0 Å². The maximum atomic E-state index is 10.9. The first-order valence-electron chi connectivity index (χ1n) is 3.58. The van der Waals surface area contributed by atoms with Crippen molar-refractivity contribution >= 4 is 5.91 Å². The molecule has 0 fully saturated rings. The molecule has 0 radical (unpaired) electrons. The zero-order chi connectivity index (χ0) is 8.10. The van der Waals surface area contributed by atoms with E-state index < -0.39 is 0 Å². The number of aromatic nitrogens is 2. The van der Waals surface area contributed by atoms with E-state index in [1.807, 2.05) is 6.92 Å². The van der Waals surface area contributed by atoms with E-state index in [9.17, 15) is 4.79 Å². The summed E-state index contributed by atoms with van der Waals surface area (Å²) in [5, 5.41) is 2.68. The Kier molecular flexibility index (Phi) is 2.66. The van der Waals surface area contributed by atoms with Gasteiger partial charge in [0, 0.05) is 18.9 Å². The first kappa shape index (κ1) is 7.78. The Hall–Kier alpha value is -1.32. The Bertz CT molecular complexity index is 218. The number of imidazole rings is 1. The average Bonchev–Trinajstić information content (AvgIpc) is 2.40. The van der Waals surface area contributed by atoms with Gasteiger partial charge in [0.15, 0.2) is 0 Å². The minimum absolute atomic E-state index is 0.00227. The molecule has 2 N–H and O–H groups in total. The smallest absolute Gasteiger partial charge is 0.227 e. The molecule has 4 nitrogen and oxygen atoms in total. The predicted molar refractivity (Wildman–Crippen MR) is 41.0 cm³/mol. The number of nitrogens with zero attached hydrogens (tertiary/aromatic N) is 1. The molecule has 0 unspecified atom stereocenters. The molecule has 0 aliphatic rings. The first-order chi connectivity index (χ1) is 5.33. The first-order valence-corrected chi connectivity index (χ1v) is 3.58. The summed E-state index contributed by atoms with van der Waals surface area (Å²) in [4.78, 5) is 17.7. The van der Waals surface area contributed by atoms with Crippen molar-refractivity contribution in [2.24, 2.45) is 0 Å². The number of hydrogen-bond donors (Lipinski definition) is 2. The van der Waals surface area contributed by atoms with Crippen LogP contribution in [0.4, 0.5) is 0 Å². The molecule has 0 aliphatic carbocycles. The minimum Gasteiger partial charge on any atom is -0.356 e. The van der Waals surface area contributed by atoms with Crippen molar-refractivity contribution in [3.63, 3.8) is 0 Å². The molecule has 0 spiro atoms. The highest BCUT2D eigenvalue weighted by atomic mass is 16.1. The molecule has 4 heteroatoms. The van der Waals surface area contributed by atoms with Crippen molar-refractivity contribution in [1.82, 2.24) is 15.3 Å². The summed E-state index contributed by atoms with van der Waals surface area (Å²) in [7, 11) is 0. The van der Waals surface area contributed by atoms with Crippen LogP contribution in [0, 0.1) is 0 Å². The van der Waals surface area contributed by atoms with E-state index in [4.69, 9.17) is 0 Å². The van der Waals surface area contributed by atoms with Crippen LogP contribution in [0.2, 0.25) is 0 Å². The average molecular weight is 153 g/mol. The maximum Gasteiger partial charge on any atom is 0.227 e. The summed E-state index contributed by atoms with van der Waals surface area (Å²) in [6, 6.07) is 0. The van der Waals surface area contributed by atoms with Crippen molar-refractivity contribution in [3.05, 3.63) is 18.2 Å². The molecular weight excluding hydrogens is 142 g/mol. The fourth-order valence-corrected chi connectivity index (χ4v) is 0.806. The molecule has 11 heavy (non-hydrogen) atoms. The fourth-order valence-electron chi connectivity index (χ4n) is 0.806. The molecule has 0 bridgehead atoms. The van der Waals surface area contributed by atoms with E-state index >= 15 is 0 Å². The van der Waals surface area contributed by atoms with Crippen LogP contribution in [0.15, 0.2) is 12.4 Å². The van der Waals surface area contributed by atoms with E-state index in [0.717, 1.165) is 0 Å². The maximum absolute atomic E-state index is 10.9. The zero-order valence-corrected chi connectivity index (χ0v) is 6.42. The van der Waals surface area contributed by atoms with Gasteiger partial charge in [-0.05, 0) is 6.92 Å².